The van der Waals surface area contributed by atoms with Gasteiger partial charge in [-0.05, 0) is 6.07 Å². The average Bonchev–Trinajstić information content (AvgIpc) is 2.47. The number of hydrogen-bond donors (Lipinski definition) is 1. The molecule has 0 saturated heterocycles. The van der Waals surface area contributed by atoms with Gasteiger partial charge in [-0.25, -0.2) is 17.8 Å². The smallest absolute Gasteiger partial charge is 0.264 e. The van der Waals surface area contributed by atoms with Gasteiger partial charge >= 0.3 is 0 Å². The van der Waals surface area contributed by atoms with Crippen molar-refractivity contribution >= 4 is 30.8 Å². The lowest BCUT2D eigenvalue weighted by Gasteiger charge is -1.97. The molecule has 1 N–H and O–H groups in total. The number of rotatable bonds is 1. The van der Waals surface area contributed by atoms with Crippen molar-refractivity contribution in [2.45, 2.75) is 4.90 Å². The average molecular weight is 235 g/mol. The second-order valence-electron chi connectivity index (χ2n) is 2.64. The van der Waals surface area contributed by atoms with Crippen LogP contribution in [0, 0.1) is 5.82 Å². The van der Waals surface area contributed by atoms with Crippen LogP contribution in [0.4, 0.5) is 4.39 Å². The number of imidazole rings is 1. The van der Waals surface area contributed by atoms with E-state index in [0.717, 1.165) is 12.1 Å². The lowest BCUT2D eigenvalue weighted by Crippen LogP contribution is -1.95. The zero-order chi connectivity index (χ0) is 10.3. The quantitative estimate of drug-likeness (QED) is 0.763. The van der Waals surface area contributed by atoms with Crippen LogP contribution in [0.5, 0.6) is 0 Å². The maximum absolute atomic E-state index is 13.2. The number of nitrogens with one attached hydrogen (secondary N) is 1. The van der Waals surface area contributed by atoms with E-state index in [0.29, 0.717) is 11.0 Å². The SMILES string of the molecule is O=S(=O)(Cl)c1cc2nc[nH]c2cc1F. The van der Waals surface area contributed by atoms with Gasteiger partial charge in [0.2, 0.25) is 0 Å². The Bertz CT molecular complexity index is 593. The van der Waals surface area contributed by atoms with Crippen LogP contribution >= 0.6 is 10.7 Å². The Kier molecular flexibility index (Phi) is 1.97. The van der Waals surface area contributed by atoms with Gasteiger partial charge in [-0.15, -0.1) is 0 Å². The standard InChI is InChI=1S/C7H4ClFN2O2S/c8-14(12,13)7-2-6-5(1-4(7)9)10-3-11-6/h1-3H,(H,10,11). The second-order valence-corrected chi connectivity index (χ2v) is 5.17. The van der Waals surface area contributed by atoms with Crippen LogP contribution in [0.1, 0.15) is 0 Å². The Morgan fingerprint density at radius 3 is 2.79 bits per heavy atom. The van der Waals surface area contributed by atoms with E-state index >= 15 is 0 Å². The fourth-order valence-electron chi connectivity index (χ4n) is 1.12. The third kappa shape index (κ3) is 1.46. The molecule has 0 amide bonds. The predicted octanol–water partition coefficient (Wildman–Crippen LogP) is 1.63. The molecule has 0 saturated carbocycles. The first kappa shape index (κ1) is 9.42. The minimum absolute atomic E-state index is 0.352. The maximum Gasteiger partial charge on any atom is 0.264 e. The number of nitrogens with zero attached hydrogens (tertiary/aromatic N) is 1. The van der Waals surface area contributed by atoms with Gasteiger partial charge in [0.05, 0.1) is 17.4 Å². The van der Waals surface area contributed by atoms with Crippen LogP contribution in [0.3, 0.4) is 0 Å². The van der Waals surface area contributed by atoms with E-state index in [1.165, 1.54) is 6.33 Å². The van der Waals surface area contributed by atoms with E-state index in [9.17, 15) is 12.8 Å². The van der Waals surface area contributed by atoms with Crippen LogP contribution in [0.2, 0.25) is 0 Å². The van der Waals surface area contributed by atoms with Crippen molar-refractivity contribution < 1.29 is 12.8 Å². The van der Waals surface area contributed by atoms with Crippen LogP contribution in [0.25, 0.3) is 11.0 Å². The van der Waals surface area contributed by atoms with E-state index in [4.69, 9.17) is 10.7 Å². The van der Waals surface area contributed by atoms with Crippen LogP contribution < -0.4 is 0 Å². The maximum atomic E-state index is 13.2. The summed E-state index contributed by atoms with van der Waals surface area (Å²) >= 11 is 0. The summed E-state index contributed by atoms with van der Waals surface area (Å²) in [5.41, 5.74) is 0.775. The number of halogens is 2. The number of aromatic nitrogens is 2. The molecular formula is C7H4ClFN2O2S. The number of aromatic amines is 1. The highest BCUT2D eigenvalue weighted by Gasteiger charge is 2.17. The molecule has 0 fully saturated rings. The Balaban J connectivity index is 2.84. The molecule has 0 unspecified atom stereocenters. The van der Waals surface area contributed by atoms with Gasteiger partial charge in [-0.2, -0.15) is 0 Å². The third-order valence-corrected chi connectivity index (χ3v) is 3.07. The van der Waals surface area contributed by atoms with Gasteiger partial charge in [-0.3, -0.25) is 0 Å². The molecule has 7 heteroatoms. The van der Waals surface area contributed by atoms with Crippen molar-refractivity contribution in [1.29, 1.82) is 0 Å². The largest absolute Gasteiger partial charge is 0.345 e. The third-order valence-electron chi connectivity index (χ3n) is 1.74. The molecule has 2 aromatic rings. The fourth-order valence-corrected chi connectivity index (χ4v) is 2.02. The first-order valence-corrected chi connectivity index (χ1v) is 5.87. The fraction of sp³-hybridized carbons (Fsp3) is 0. The summed E-state index contributed by atoms with van der Waals surface area (Å²) in [6, 6.07) is 2.13. The summed E-state index contributed by atoms with van der Waals surface area (Å²) in [4.78, 5) is 5.88. The minimum atomic E-state index is -4.06. The van der Waals surface area contributed by atoms with Gasteiger partial charge in [-0.1, -0.05) is 0 Å². The molecule has 14 heavy (non-hydrogen) atoms. The van der Waals surface area contributed by atoms with Crippen molar-refractivity contribution in [2.75, 3.05) is 0 Å². The molecule has 0 atom stereocenters. The minimum Gasteiger partial charge on any atom is -0.345 e. The molecule has 1 aromatic carbocycles. The summed E-state index contributed by atoms with van der Waals surface area (Å²) in [7, 11) is 0.966. The molecule has 0 aliphatic rings. The molecule has 74 valence electrons. The second kappa shape index (κ2) is 2.93. The highest BCUT2D eigenvalue weighted by Crippen LogP contribution is 2.22. The summed E-state index contributed by atoms with van der Waals surface area (Å²) in [5, 5.41) is 0. The van der Waals surface area contributed by atoms with E-state index in [1.807, 2.05) is 0 Å². The molecule has 0 bridgehead atoms. The van der Waals surface area contributed by atoms with Crippen molar-refractivity contribution in [2.24, 2.45) is 0 Å². The van der Waals surface area contributed by atoms with Crippen LogP contribution in [0.15, 0.2) is 23.4 Å². The van der Waals surface area contributed by atoms with E-state index in [1.54, 1.807) is 0 Å². The topological polar surface area (TPSA) is 62.8 Å². The highest BCUT2D eigenvalue weighted by molar-refractivity contribution is 8.13. The Labute approximate surface area is 83.1 Å². The Hall–Kier alpha value is -1.14. The van der Waals surface area contributed by atoms with E-state index in [2.05, 4.69) is 9.97 Å². The lowest BCUT2D eigenvalue weighted by atomic mass is 10.3. The molecule has 4 nitrogen and oxygen atoms in total. The predicted molar refractivity (Wildman–Crippen MR) is 49.1 cm³/mol. The Morgan fingerprint density at radius 1 is 1.43 bits per heavy atom. The summed E-state index contributed by atoms with van der Waals surface area (Å²) in [5.74, 6) is -0.892. The molecule has 0 aliphatic heterocycles. The first-order valence-electron chi connectivity index (χ1n) is 3.56. The molecule has 1 aromatic heterocycles. The zero-order valence-electron chi connectivity index (χ0n) is 6.66. The number of fused-ring (bicyclic) bond motifs is 1. The van der Waals surface area contributed by atoms with E-state index in [-0.39, 0.29) is 0 Å². The number of hydrogen-bond acceptors (Lipinski definition) is 3. The van der Waals surface area contributed by atoms with Crippen molar-refractivity contribution in [3.05, 3.63) is 24.3 Å². The first-order chi connectivity index (χ1) is 6.48. The molecule has 0 radical (unpaired) electrons. The lowest BCUT2D eigenvalue weighted by molar-refractivity contribution is 0.577. The van der Waals surface area contributed by atoms with Crippen LogP contribution in [-0.2, 0) is 9.05 Å². The molecular weight excluding hydrogens is 231 g/mol. The van der Waals surface area contributed by atoms with Gasteiger partial charge in [0.1, 0.15) is 10.7 Å². The molecule has 1 heterocycles. The van der Waals surface area contributed by atoms with Crippen LogP contribution in [-0.4, -0.2) is 18.4 Å². The van der Waals surface area contributed by atoms with Crippen molar-refractivity contribution in [1.82, 2.24) is 9.97 Å². The highest BCUT2D eigenvalue weighted by atomic mass is 35.7. The normalized spacial score (nSPS) is 12.1. The summed E-state index contributed by atoms with van der Waals surface area (Å²) in [6.07, 6.45) is 1.34. The van der Waals surface area contributed by atoms with E-state index < -0.39 is 19.8 Å². The van der Waals surface area contributed by atoms with Crippen molar-refractivity contribution in [3.63, 3.8) is 0 Å². The van der Waals surface area contributed by atoms with Gasteiger partial charge in [0, 0.05) is 16.7 Å². The molecule has 2 rings (SSSR count). The summed E-state index contributed by atoms with van der Waals surface area (Å²) < 4.78 is 35.0. The van der Waals surface area contributed by atoms with Gasteiger partial charge in [0.15, 0.2) is 0 Å². The Morgan fingerprint density at radius 2 is 2.14 bits per heavy atom. The molecule has 0 spiro atoms. The van der Waals surface area contributed by atoms with Gasteiger partial charge in [0.25, 0.3) is 9.05 Å². The van der Waals surface area contributed by atoms with Crippen molar-refractivity contribution in [3.8, 4) is 0 Å². The van der Waals surface area contributed by atoms with Gasteiger partial charge < -0.3 is 4.98 Å². The molecule has 0 aliphatic carbocycles. The monoisotopic (exact) mass is 234 g/mol. The number of H-pyrrole nitrogens is 1. The summed E-state index contributed by atoms with van der Waals surface area (Å²) in [6.45, 7) is 0. The number of benzene rings is 1. The zero-order valence-corrected chi connectivity index (χ0v) is 8.23.